The summed E-state index contributed by atoms with van der Waals surface area (Å²) in [6.45, 7) is 0.791. The third-order valence-electron chi connectivity index (χ3n) is 2.49. The van der Waals surface area contributed by atoms with Gasteiger partial charge >= 0.3 is 0 Å². The maximum atomic E-state index is 8.69. The van der Waals surface area contributed by atoms with Gasteiger partial charge in [0.25, 0.3) is 0 Å². The zero-order chi connectivity index (χ0) is 14.4. The first-order valence-electron chi connectivity index (χ1n) is 5.90. The average molecular weight is 353 g/mol. The minimum Gasteiger partial charge on any atom is -0.490 e. The Balaban J connectivity index is 1.80. The van der Waals surface area contributed by atoms with E-state index >= 15 is 0 Å². The number of nitrogens with zero attached hydrogens (tertiary/aromatic N) is 1. The van der Waals surface area contributed by atoms with Crippen LogP contribution in [0.15, 0.2) is 46.9 Å². The van der Waals surface area contributed by atoms with E-state index in [0.717, 1.165) is 4.47 Å². The van der Waals surface area contributed by atoms with Gasteiger partial charge in [-0.05, 0) is 42.5 Å². The van der Waals surface area contributed by atoms with Crippen LogP contribution in [0, 0.1) is 11.3 Å². The highest BCUT2D eigenvalue weighted by atomic mass is 79.9. The first kappa shape index (κ1) is 14.7. The van der Waals surface area contributed by atoms with Crippen LogP contribution in [0.5, 0.6) is 11.5 Å². The van der Waals surface area contributed by atoms with Gasteiger partial charge in [0.15, 0.2) is 0 Å². The Kier molecular flexibility index (Phi) is 5.28. The molecule has 0 aromatic heterocycles. The smallest absolute Gasteiger partial charge is 0.138 e. The Morgan fingerprint density at radius 3 is 2.40 bits per heavy atom. The lowest BCUT2D eigenvalue weighted by Crippen LogP contribution is -2.09. The van der Waals surface area contributed by atoms with Crippen molar-refractivity contribution in [3.63, 3.8) is 0 Å². The lowest BCUT2D eigenvalue weighted by atomic mass is 10.2. The summed E-state index contributed by atoms with van der Waals surface area (Å²) in [5, 5.41) is 9.24. The van der Waals surface area contributed by atoms with Crippen LogP contribution in [0.3, 0.4) is 0 Å². The summed E-state index contributed by atoms with van der Waals surface area (Å²) in [6.07, 6.45) is 0. The van der Waals surface area contributed by atoms with Crippen molar-refractivity contribution >= 4 is 27.5 Å². The molecule has 0 spiro atoms. The highest BCUT2D eigenvalue weighted by molar-refractivity contribution is 9.10. The molecule has 0 aliphatic carbocycles. The maximum absolute atomic E-state index is 8.69. The molecular weight excluding hydrogens is 342 g/mol. The Hall–Kier alpha value is -1.70. The van der Waals surface area contributed by atoms with E-state index < -0.39 is 0 Å². The molecule has 0 heterocycles. The minimum atomic E-state index is 0.390. The Morgan fingerprint density at radius 1 is 1.05 bits per heavy atom. The van der Waals surface area contributed by atoms with Gasteiger partial charge in [0, 0.05) is 4.47 Å². The molecule has 0 radical (unpaired) electrons. The number of benzene rings is 2. The van der Waals surface area contributed by atoms with E-state index in [1.54, 1.807) is 36.4 Å². The molecule has 2 rings (SSSR count). The van der Waals surface area contributed by atoms with Crippen LogP contribution < -0.4 is 9.47 Å². The van der Waals surface area contributed by atoms with Crippen molar-refractivity contribution in [1.29, 1.82) is 5.26 Å². The van der Waals surface area contributed by atoms with Gasteiger partial charge in [0.05, 0.1) is 16.7 Å². The molecule has 0 N–H and O–H groups in total. The summed E-state index contributed by atoms with van der Waals surface area (Å²) < 4.78 is 11.9. The quantitative estimate of drug-likeness (QED) is 0.747. The van der Waals surface area contributed by atoms with Crippen molar-refractivity contribution in [2.24, 2.45) is 0 Å². The minimum absolute atomic E-state index is 0.390. The van der Waals surface area contributed by atoms with Crippen molar-refractivity contribution in [1.82, 2.24) is 0 Å². The van der Waals surface area contributed by atoms with E-state index in [1.807, 2.05) is 6.07 Å². The molecule has 0 aliphatic heterocycles. The SMILES string of the molecule is N#Cc1ccc(OCCOc2ccc(Br)cc2Cl)cc1. The molecular formula is C15H11BrClNO2. The highest BCUT2D eigenvalue weighted by Crippen LogP contribution is 2.27. The van der Waals surface area contributed by atoms with Crippen molar-refractivity contribution in [2.75, 3.05) is 13.2 Å². The van der Waals surface area contributed by atoms with Crippen LogP contribution in [-0.2, 0) is 0 Å². The Labute approximate surface area is 130 Å². The molecule has 0 fully saturated rings. The molecule has 3 nitrogen and oxygen atoms in total. The van der Waals surface area contributed by atoms with Gasteiger partial charge < -0.3 is 9.47 Å². The van der Waals surface area contributed by atoms with E-state index in [1.165, 1.54) is 0 Å². The van der Waals surface area contributed by atoms with Gasteiger partial charge in [0.2, 0.25) is 0 Å². The molecule has 5 heteroatoms. The van der Waals surface area contributed by atoms with Gasteiger partial charge in [-0.25, -0.2) is 0 Å². The lowest BCUT2D eigenvalue weighted by Gasteiger charge is -2.09. The number of nitriles is 1. The number of ether oxygens (including phenoxy) is 2. The Bertz CT molecular complexity index is 623. The van der Waals surface area contributed by atoms with Gasteiger partial charge in [0.1, 0.15) is 24.7 Å². The van der Waals surface area contributed by atoms with Crippen LogP contribution >= 0.6 is 27.5 Å². The third kappa shape index (κ3) is 4.16. The van der Waals surface area contributed by atoms with Crippen LogP contribution in [-0.4, -0.2) is 13.2 Å². The normalized spacial score (nSPS) is 9.85. The molecule has 0 amide bonds. The topological polar surface area (TPSA) is 42.2 Å². The van der Waals surface area contributed by atoms with Gasteiger partial charge in [-0.15, -0.1) is 0 Å². The molecule has 0 unspecified atom stereocenters. The van der Waals surface area contributed by atoms with Crippen LogP contribution in [0.25, 0.3) is 0 Å². The average Bonchev–Trinajstić information content (AvgIpc) is 2.46. The van der Waals surface area contributed by atoms with Crippen LogP contribution in [0.4, 0.5) is 0 Å². The van der Waals surface area contributed by atoms with Gasteiger partial charge in [-0.2, -0.15) is 5.26 Å². The fraction of sp³-hybridized carbons (Fsp3) is 0.133. The third-order valence-corrected chi connectivity index (χ3v) is 3.28. The number of hydrogen-bond donors (Lipinski definition) is 0. The van der Waals surface area contributed by atoms with E-state index in [0.29, 0.717) is 35.3 Å². The maximum Gasteiger partial charge on any atom is 0.138 e. The fourth-order valence-corrected chi connectivity index (χ4v) is 2.26. The molecule has 20 heavy (non-hydrogen) atoms. The zero-order valence-electron chi connectivity index (χ0n) is 10.5. The summed E-state index contributed by atoms with van der Waals surface area (Å²) in [5.74, 6) is 1.33. The lowest BCUT2D eigenvalue weighted by molar-refractivity contribution is 0.217. The first-order chi connectivity index (χ1) is 9.69. The van der Waals surface area contributed by atoms with E-state index in [-0.39, 0.29) is 0 Å². The second-order valence-corrected chi connectivity index (χ2v) is 5.23. The molecule has 0 saturated carbocycles. The van der Waals surface area contributed by atoms with Crippen molar-refractivity contribution in [3.05, 3.63) is 57.5 Å². The summed E-state index contributed by atoms with van der Waals surface area (Å²) in [6, 6.07) is 14.4. The number of halogens is 2. The predicted octanol–water partition coefficient (Wildman–Crippen LogP) is 4.43. The highest BCUT2D eigenvalue weighted by Gasteiger charge is 2.02. The monoisotopic (exact) mass is 351 g/mol. The van der Waals surface area contributed by atoms with E-state index in [2.05, 4.69) is 22.0 Å². The van der Waals surface area contributed by atoms with E-state index in [4.69, 9.17) is 26.3 Å². The molecule has 0 bridgehead atoms. The number of rotatable bonds is 5. The summed E-state index contributed by atoms with van der Waals surface area (Å²) >= 11 is 9.37. The van der Waals surface area contributed by atoms with Crippen molar-refractivity contribution < 1.29 is 9.47 Å². The molecule has 2 aromatic rings. The number of hydrogen-bond acceptors (Lipinski definition) is 3. The summed E-state index contributed by atoms with van der Waals surface area (Å²) in [5.41, 5.74) is 0.607. The van der Waals surface area contributed by atoms with E-state index in [9.17, 15) is 0 Å². The first-order valence-corrected chi connectivity index (χ1v) is 7.07. The molecule has 102 valence electrons. The Morgan fingerprint density at radius 2 is 1.75 bits per heavy atom. The van der Waals surface area contributed by atoms with Gasteiger partial charge in [-0.3, -0.25) is 0 Å². The largest absolute Gasteiger partial charge is 0.490 e. The summed E-state index contributed by atoms with van der Waals surface area (Å²) in [4.78, 5) is 0. The fourth-order valence-electron chi connectivity index (χ4n) is 1.53. The molecule has 0 saturated heterocycles. The van der Waals surface area contributed by atoms with Crippen LogP contribution in [0.2, 0.25) is 5.02 Å². The molecule has 2 aromatic carbocycles. The van der Waals surface area contributed by atoms with Crippen LogP contribution in [0.1, 0.15) is 5.56 Å². The second-order valence-electron chi connectivity index (χ2n) is 3.91. The summed E-state index contributed by atoms with van der Waals surface area (Å²) in [7, 11) is 0. The zero-order valence-corrected chi connectivity index (χ0v) is 12.8. The van der Waals surface area contributed by atoms with Gasteiger partial charge in [-0.1, -0.05) is 27.5 Å². The van der Waals surface area contributed by atoms with Crippen molar-refractivity contribution in [2.45, 2.75) is 0 Å². The molecule has 0 aliphatic rings. The van der Waals surface area contributed by atoms with Crippen molar-refractivity contribution in [3.8, 4) is 17.6 Å². The second kappa shape index (κ2) is 7.18. The molecule has 0 atom stereocenters. The predicted molar refractivity (Wildman–Crippen MR) is 81.3 cm³/mol. The standard InChI is InChI=1S/C15H11BrClNO2/c16-12-3-6-15(14(17)9-12)20-8-7-19-13-4-1-11(10-18)2-5-13/h1-6,9H,7-8H2.